The molecule has 0 saturated heterocycles. The summed E-state index contributed by atoms with van der Waals surface area (Å²) in [5, 5.41) is 3.35. The second kappa shape index (κ2) is 6.43. The van der Waals surface area contributed by atoms with Gasteiger partial charge in [-0.15, -0.1) is 0 Å². The van der Waals surface area contributed by atoms with Crippen molar-refractivity contribution in [3.63, 3.8) is 0 Å². The summed E-state index contributed by atoms with van der Waals surface area (Å²) in [5.74, 6) is 0.417. The van der Waals surface area contributed by atoms with Crippen molar-refractivity contribution in [1.29, 1.82) is 0 Å². The minimum absolute atomic E-state index is 0.0955. The average molecular weight is 361 g/mol. The molecular formula is C22H19NO4. The Balaban J connectivity index is 1.83. The standard InChI is InChI=1S/C22H19NO4/c1-4-11-26-15-8-6-14(7-9-15)18-17-19(24)16-10-5-12(2)13(3)20(16)27-21(17)22(25)23-18/h4-10,18H,1,11H2,2-3H3,(H,23,25). The SMILES string of the molecule is C=CCOc1ccc(C2NC(=O)c3oc4c(C)c(C)ccc4c(=O)c32)cc1. The Kier molecular flexibility index (Phi) is 4.07. The van der Waals surface area contributed by atoms with E-state index < -0.39 is 6.04 Å². The third kappa shape index (κ3) is 2.72. The van der Waals surface area contributed by atoms with Gasteiger partial charge < -0.3 is 14.5 Å². The lowest BCUT2D eigenvalue weighted by Crippen LogP contribution is -2.21. The van der Waals surface area contributed by atoms with Crippen LogP contribution in [0.5, 0.6) is 5.75 Å². The molecule has 1 N–H and O–H groups in total. The minimum atomic E-state index is -0.539. The van der Waals surface area contributed by atoms with Gasteiger partial charge in [0, 0.05) is 0 Å². The lowest BCUT2D eigenvalue weighted by Gasteiger charge is -2.13. The number of amides is 1. The second-order valence-electron chi connectivity index (χ2n) is 6.63. The molecule has 27 heavy (non-hydrogen) atoms. The van der Waals surface area contributed by atoms with E-state index in [1.54, 1.807) is 24.3 Å². The molecule has 0 bridgehead atoms. The summed E-state index contributed by atoms with van der Waals surface area (Å²) in [6.45, 7) is 7.87. The lowest BCUT2D eigenvalue weighted by molar-refractivity contribution is 0.0938. The van der Waals surface area contributed by atoms with Gasteiger partial charge in [-0.1, -0.05) is 30.9 Å². The van der Waals surface area contributed by atoms with Gasteiger partial charge in [-0.25, -0.2) is 0 Å². The number of fused-ring (bicyclic) bond motifs is 2. The number of carbonyl (C=O) groups is 1. The van der Waals surface area contributed by atoms with Gasteiger partial charge in [0.05, 0.1) is 17.0 Å². The van der Waals surface area contributed by atoms with Gasteiger partial charge in [-0.05, 0) is 48.7 Å². The Morgan fingerprint density at radius 3 is 2.59 bits per heavy atom. The van der Waals surface area contributed by atoms with Crippen LogP contribution in [-0.2, 0) is 0 Å². The van der Waals surface area contributed by atoms with E-state index in [2.05, 4.69) is 11.9 Å². The Morgan fingerprint density at radius 1 is 1.15 bits per heavy atom. The van der Waals surface area contributed by atoms with E-state index in [1.807, 2.05) is 32.0 Å². The van der Waals surface area contributed by atoms with Crippen LogP contribution in [0.25, 0.3) is 11.0 Å². The van der Waals surface area contributed by atoms with E-state index in [0.29, 0.717) is 28.9 Å². The molecule has 1 atom stereocenters. The maximum atomic E-state index is 13.1. The Morgan fingerprint density at radius 2 is 1.89 bits per heavy atom. The summed E-state index contributed by atoms with van der Waals surface area (Å²) in [6.07, 6.45) is 1.67. The smallest absolute Gasteiger partial charge is 0.288 e. The Bertz CT molecular complexity index is 1130. The molecule has 5 heteroatoms. The molecule has 0 radical (unpaired) electrons. The molecule has 0 saturated carbocycles. The molecule has 2 heterocycles. The molecule has 1 unspecified atom stereocenters. The van der Waals surface area contributed by atoms with Crippen molar-refractivity contribution in [1.82, 2.24) is 5.32 Å². The molecule has 3 aromatic rings. The summed E-state index contributed by atoms with van der Waals surface area (Å²) in [5.41, 5.74) is 3.33. The van der Waals surface area contributed by atoms with Crippen LogP contribution in [0.1, 0.15) is 38.9 Å². The van der Waals surface area contributed by atoms with Crippen LogP contribution < -0.4 is 15.5 Å². The fourth-order valence-electron chi connectivity index (χ4n) is 3.37. The molecule has 4 rings (SSSR count). The molecule has 0 fully saturated rings. The van der Waals surface area contributed by atoms with Crippen LogP contribution in [0.15, 0.2) is 58.3 Å². The summed E-state index contributed by atoms with van der Waals surface area (Å²) < 4.78 is 11.4. The van der Waals surface area contributed by atoms with Gasteiger partial charge in [0.15, 0.2) is 5.43 Å². The zero-order valence-electron chi connectivity index (χ0n) is 15.2. The van der Waals surface area contributed by atoms with Crippen LogP contribution in [0.4, 0.5) is 0 Å². The summed E-state index contributed by atoms with van der Waals surface area (Å²) in [6, 6.07) is 10.4. The van der Waals surface area contributed by atoms with Gasteiger partial charge in [-0.2, -0.15) is 0 Å². The maximum Gasteiger partial charge on any atom is 0.288 e. The fourth-order valence-corrected chi connectivity index (χ4v) is 3.37. The van der Waals surface area contributed by atoms with Crippen LogP contribution >= 0.6 is 0 Å². The van der Waals surface area contributed by atoms with E-state index in [1.165, 1.54) is 0 Å². The van der Waals surface area contributed by atoms with Gasteiger partial charge in [-0.3, -0.25) is 9.59 Å². The summed E-state index contributed by atoms with van der Waals surface area (Å²) >= 11 is 0. The number of benzene rings is 2. The monoisotopic (exact) mass is 361 g/mol. The van der Waals surface area contributed by atoms with Crippen LogP contribution in [0.2, 0.25) is 0 Å². The fraction of sp³-hybridized carbons (Fsp3) is 0.182. The third-order valence-corrected chi connectivity index (χ3v) is 4.97. The molecule has 5 nitrogen and oxygen atoms in total. The molecule has 1 amide bonds. The number of hydrogen-bond acceptors (Lipinski definition) is 4. The quantitative estimate of drug-likeness (QED) is 0.718. The van der Waals surface area contributed by atoms with Crippen molar-refractivity contribution in [3.05, 3.63) is 87.3 Å². The Hall–Kier alpha value is -3.34. The van der Waals surface area contributed by atoms with Crippen molar-refractivity contribution >= 4 is 16.9 Å². The van der Waals surface area contributed by atoms with Gasteiger partial charge in [0.1, 0.15) is 17.9 Å². The highest BCUT2D eigenvalue weighted by Gasteiger charge is 2.36. The zero-order valence-corrected chi connectivity index (χ0v) is 15.2. The summed E-state index contributed by atoms with van der Waals surface area (Å²) in [7, 11) is 0. The van der Waals surface area contributed by atoms with Crippen molar-refractivity contribution in [2.75, 3.05) is 6.61 Å². The van der Waals surface area contributed by atoms with E-state index in [9.17, 15) is 9.59 Å². The van der Waals surface area contributed by atoms with E-state index in [4.69, 9.17) is 9.15 Å². The predicted octanol–water partition coefficient (Wildman–Crippen LogP) is 3.81. The largest absolute Gasteiger partial charge is 0.490 e. The highest BCUT2D eigenvalue weighted by atomic mass is 16.5. The van der Waals surface area contributed by atoms with Crippen molar-refractivity contribution in [3.8, 4) is 5.75 Å². The normalized spacial score (nSPS) is 15.5. The third-order valence-electron chi connectivity index (χ3n) is 4.97. The van der Waals surface area contributed by atoms with Gasteiger partial charge >= 0.3 is 0 Å². The van der Waals surface area contributed by atoms with E-state index in [-0.39, 0.29) is 17.1 Å². The van der Waals surface area contributed by atoms with Crippen LogP contribution in [0.3, 0.4) is 0 Å². The van der Waals surface area contributed by atoms with E-state index >= 15 is 0 Å². The summed E-state index contributed by atoms with van der Waals surface area (Å²) in [4.78, 5) is 25.6. The first-order valence-corrected chi connectivity index (χ1v) is 8.72. The van der Waals surface area contributed by atoms with Gasteiger partial charge in [0.25, 0.3) is 5.91 Å². The van der Waals surface area contributed by atoms with E-state index in [0.717, 1.165) is 16.7 Å². The Labute approximate surface area is 156 Å². The average Bonchev–Trinajstić information content (AvgIpc) is 3.01. The van der Waals surface area contributed by atoms with Gasteiger partial charge in [0.2, 0.25) is 5.76 Å². The molecule has 0 spiro atoms. The number of carbonyl (C=O) groups excluding carboxylic acids is 1. The number of ether oxygens (including phenoxy) is 1. The molecule has 136 valence electrons. The second-order valence-corrected chi connectivity index (χ2v) is 6.63. The molecule has 2 aromatic carbocycles. The highest BCUT2D eigenvalue weighted by molar-refractivity contribution is 5.99. The first kappa shape index (κ1) is 17.1. The topological polar surface area (TPSA) is 68.5 Å². The zero-order chi connectivity index (χ0) is 19.1. The first-order chi connectivity index (χ1) is 13.0. The molecule has 1 aliphatic heterocycles. The molecule has 0 aliphatic carbocycles. The van der Waals surface area contributed by atoms with Crippen molar-refractivity contribution in [2.45, 2.75) is 19.9 Å². The molecule has 1 aromatic heterocycles. The highest BCUT2D eigenvalue weighted by Crippen LogP contribution is 2.32. The number of nitrogens with one attached hydrogen (secondary N) is 1. The molecular weight excluding hydrogens is 342 g/mol. The first-order valence-electron chi connectivity index (χ1n) is 8.72. The lowest BCUT2D eigenvalue weighted by atomic mass is 9.98. The number of rotatable bonds is 4. The number of hydrogen-bond donors (Lipinski definition) is 1. The molecule has 1 aliphatic rings. The minimum Gasteiger partial charge on any atom is -0.490 e. The predicted molar refractivity (Wildman–Crippen MR) is 103 cm³/mol. The van der Waals surface area contributed by atoms with Crippen LogP contribution in [0, 0.1) is 13.8 Å². The number of aryl methyl sites for hydroxylation is 2. The van der Waals surface area contributed by atoms with Crippen molar-refractivity contribution < 1.29 is 13.9 Å². The maximum absolute atomic E-state index is 13.1. The van der Waals surface area contributed by atoms with Crippen molar-refractivity contribution in [2.24, 2.45) is 0 Å². The van der Waals surface area contributed by atoms with Crippen LogP contribution in [-0.4, -0.2) is 12.5 Å².